The van der Waals surface area contributed by atoms with Crippen molar-refractivity contribution >= 4 is 0 Å². The molecule has 0 unspecified atom stereocenters. The molecule has 0 aromatic rings. The SMILES string of the molecule is CC1(OCF)CCNCC1. The fourth-order valence-corrected chi connectivity index (χ4v) is 1.23. The lowest BCUT2D eigenvalue weighted by molar-refractivity contribution is -0.0891. The van der Waals surface area contributed by atoms with Gasteiger partial charge in [-0.25, -0.2) is 4.39 Å². The van der Waals surface area contributed by atoms with E-state index in [1.54, 1.807) is 0 Å². The van der Waals surface area contributed by atoms with E-state index in [9.17, 15) is 4.39 Å². The molecule has 3 heteroatoms. The van der Waals surface area contributed by atoms with E-state index in [0.717, 1.165) is 25.9 Å². The smallest absolute Gasteiger partial charge is 0.188 e. The number of alkyl halides is 1. The first-order valence-corrected chi connectivity index (χ1v) is 3.67. The van der Waals surface area contributed by atoms with Gasteiger partial charge in [-0.15, -0.1) is 0 Å². The molecule has 1 N–H and O–H groups in total. The van der Waals surface area contributed by atoms with Crippen LogP contribution in [-0.4, -0.2) is 25.6 Å². The van der Waals surface area contributed by atoms with E-state index in [0.29, 0.717) is 0 Å². The van der Waals surface area contributed by atoms with Crippen molar-refractivity contribution in [3.05, 3.63) is 0 Å². The molecule has 0 aromatic carbocycles. The number of hydrogen-bond donors (Lipinski definition) is 1. The summed E-state index contributed by atoms with van der Waals surface area (Å²) in [5.74, 6) is 0. The summed E-state index contributed by atoms with van der Waals surface area (Å²) in [4.78, 5) is 0. The molecule has 0 aromatic heterocycles. The van der Waals surface area contributed by atoms with Crippen molar-refractivity contribution in [2.24, 2.45) is 0 Å². The largest absolute Gasteiger partial charge is 0.344 e. The highest BCUT2D eigenvalue weighted by atomic mass is 19.1. The number of rotatable bonds is 2. The van der Waals surface area contributed by atoms with Gasteiger partial charge < -0.3 is 10.1 Å². The van der Waals surface area contributed by atoms with Gasteiger partial charge in [0.2, 0.25) is 0 Å². The van der Waals surface area contributed by atoms with Crippen LogP contribution >= 0.6 is 0 Å². The number of piperidine rings is 1. The van der Waals surface area contributed by atoms with Gasteiger partial charge in [-0.3, -0.25) is 0 Å². The van der Waals surface area contributed by atoms with Crippen LogP contribution in [0.25, 0.3) is 0 Å². The Hall–Kier alpha value is -0.150. The highest BCUT2D eigenvalue weighted by Crippen LogP contribution is 2.21. The summed E-state index contributed by atoms with van der Waals surface area (Å²) in [5.41, 5.74) is -0.208. The quantitative estimate of drug-likeness (QED) is 0.631. The lowest BCUT2D eigenvalue weighted by Crippen LogP contribution is -2.41. The molecule has 1 heterocycles. The Balaban J connectivity index is 2.32. The maximum Gasteiger partial charge on any atom is 0.188 e. The number of nitrogens with one attached hydrogen (secondary N) is 1. The topological polar surface area (TPSA) is 21.3 Å². The van der Waals surface area contributed by atoms with Gasteiger partial charge >= 0.3 is 0 Å². The van der Waals surface area contributed by atoms with Crippen LogP contribution in [0.5, 0.6) is 0 Å². The van der Waals surface area contributed by atoms with Crippen LogP contribution in [0.15, 0.2) is 0 Å². The van der Waals surface area contributed by atoms with E-state index >= 15 is 0 Å². The Morgan fingerprint density at radius 2 is 2.10 bits per heavy atom. The lowest BCUT2D eigenvalue weighted by Gasteiger charge is -2.32. The third kappa shape index (κ3) is 1.92. The maximum absolute atomic E-state index is 11.8. The van der Waals surface area contributed by atoms with Gasteiger partial charge in [0.25, 0.3) is 0 Å². The summed E-state index contributed by atoms with van der Waals surface area (Å²) in [5, 5.41) is 3.20. The van der Waals surface area contributed by atoms with Crippen LogP contribution in [0.2, 0.25) is 0 Å². The second-order valence-corrected chi connectivity index (χ2v) is 2.95. The molecule has 0 bridgehead atoms. The minimum atomic E-state index is -0.656. The minimum absolute atomic E-state index is 0.208. The Bertz CT molecular complexity index is 96.3. The normalized spacial score (nSPS) is 24.6. The van der Waals surface area contributed by atoms with Gasteiger partial charge in [0.05, 0.1) is 5.60 Å². The molecule has 0 spiro atoms. The van der Waals surface area contributed by atoms with E-state index < -0.39 is 6.86 Å². The van der Waals surface area contributed by atoms with Crippen LogP contribution in [0.1, 0.15) is 19.8 Å². The molecular formula is C7H14FNO. The molecule has 1 fully saturated rings. The third-order valence-corrected chi connectivity index (χ3v) is 2.06. The Morgan fingerprint density at radius 3 is 2.60 bits per heavy atom. The summed E-state index contributed by atoms with van der Waals surface area (Å²) in [6.07, 6.45) is 1.83. The molecule has 0 amide bonds. The van der Waals surface area contributed by atoms with Gasteiger partial charge in [-0.1, -0.05) is 0 Å². The Kier molecular flexibility index (Phi) is 2.63. The lowest BCUT2D eigenvalue weighted by atomic mass is 9.95. The molecular weight excluding hydrogens is 133 g/mol. The highest BCUT2D eigenvalue weighted by molar-refractivity contribution is 4.80. The van der Waals surface area contributed by atoms with E-state index in [-0.39, 0.29) is 5.60 Å². The fraction of sp³-hybridized carbons (Fsp3) is 1.00. The Labute approximate surface area is 60.8 Å². The maximum atomic E-state index is 11.8. The van der Waals surface area contributed by atoms with Crippen molar-refractivity contribution in [2.45, 2.75) is 25.4 Å². The van der Waals surface area contributed by atoms with Gasteiger partial charge in [-0.2, -0.15) is 0 Å². The summed E-state index contributed by atoms with van der Waals surface area (Å²) in [6.45, 7) is 3.19. The molecule has 0 atom stereocenters. The van der Waals surface area contributed by atoms with Gasteiger partial charge in [0, 0.05) is 0 Å². The van der Waals surface area contributed by atoms with Gasteiger partial charge in [-0.05, 0) is 32.9 Å². The summed E-state index contributed by atoms with van der Waals surface area (Å²) in [6, 6.07) is 0. The van der Waals surface area contributed by atoms with Crippen molar-refractivity contribution in [1.82, 2.24) is 5.32 Å². The van der Waals surface area contributed by atoms with Crippen molar-refractivity contribution in [2.75, 3.05) is 20.0 Å². The van der Waals surface area contributed by atoms with Crippen molar-refractivity contribution in [3.8, 4) is 0 Å². The first-order chi connectivity index (χ1) is 4.77. The van der Waals surface area contributed by atoms with Gasteiger partial charge in [0.15, 0.2) is 6.86 Å². The third-order valence-electron chi connectivity index (χ3n) is 2.06. The van der Waals surface area contributed by atoms with Crippen LogP contribution in [0, 0.1) is 0 Å². The molecule has 0 radical (unpaired) electrons. The van der Waals surface area contributed by atoms with E-state index in [1.807, 2.05) is 6.92 Å². The molecule has 1 rings (SSSR count). The predicted octanol–water partition coefficient (Wildman–Crippen LogP) is 1.07. The number of halogens is 1. The summed E-state index contributed by atoms with van der Waals surface area (Å²) in [7, 11) is 0. The van der Waals surface area contributed by atoms with Crippen LogP contribution in [-0.2, 0) is 4.74 Å². The second kappa shape index (κ2) is 3.30. The summed E-state index contributed by atoms with van der Waals surface area (Å²) < 4.78 is 16.7. The molecule has 1 aliphatic heterocycles. The molecule has 10 heavy (non-hydrogen) atoms. The van der Waals surface area contributed by atoms with Crippen molar-refractivity contribution in [1.29, 1.82) is 0 Å². The molecule has 60 valence electrons. The zero-order valence-corrected chi connectivity index (χ0v) is 6.32. The average molecular weight is 147 g/mol. The van der Waals surface area contributed by atoms with E-state index in [1.165, 1.54) is 0 Å². The van der Waals surface area contributed by atoms with E-state index in [4.69, 9.17) is 4.74 Å². The predicted molar refractivity (Wildman–Crippen MR) is 37.6 cm³/mol. The first-order valence-electron chi connectivity index (χ1n) is 3.67. The van der Waals surface area contributed by atoms with Crippen LogP contribution < -0.4 is 5.32 Å². The Morgan fingerprint density at radius 1 is 1.50 bits per heavy atom. The zero-order chi connectivity index (χ0) is 7.45. The second-order valence-electron chi connectivity index (χ2n) is 2.95. The molecule has 1 aliphatic rings. The fourth-order valence-electron chi connectivity index (χ4n) is 1.23. The monoisotopic (exact) mass is 147 g/mol. The zero-order valence-electron chi connectivity index (χ0n) is 6.32. The standard InChI is InChI=1S/C7H14FNO/c1-7(10-6-8)2-4-9-5-3-7/h9H,2-6H2,1H3. The van der Waals surface area contributed by atoms with E-state index in [2.05, 4.69) is 5.32 Å². The van der Waals surface area contributed by atoms with Gasteiger partial charge in [0.1, 0.15) is 0 Å². The van der Waals surface area contributed by atoms with Crippen molar-refractivity contribution < 1.29 is 9.13 Å². The molecule has 0 saturated carbocycles. The average Bonchev–Trinajstić information content (AvgIpc) is 1.89. The molecule has 0 aliphatic carbocycles. The molecule has 1 saturated heterocycles. The first kappa shape index (κ1) is 7.95. The van der Waals surface area contributed by atoms with Crippen molar-refractivity contribution in [3.63, 3.8) is 0 Å². The van der Waals surface area contributed by atoms with Crippen LogP contribution in [0.3, 0.4) is 0 Å². The minimum Gasteiger partial charge on any atom is -0.344 e. The number of hydrogen-bond acceptors (Lipinski definition) is 2. The van der Waals surface area contributed by atoms with Crippen LogP contribution in [0.4, 0.5) is 4.39 Å². The summed E-state index contributed by atoms with van der Waals surface area (Å²) >= 11 is 0. The molecule has 2 nitrogen and oxygen atoms in total. The number of ether oxygens (including phenoxy) is 1. The highest BCUT2D eigenvalue weighted by Gasteiger charge is 2.26.